The van der Waals surface area contributed by atoms with E-state index in [1.807, 2.05) is 12.1 Å². The lowest BCUT2D eigenvalue weighted by Crippen LogP contribution is -2.42. The average molecular weight is 403 g/mol. The van der Waals surface area contributed by atoms with Crippen LogP contribution in [-0.4, -0.2) is 11.5 Å². The van der Waals surface area contributed by atoms with Crippen LogP contribution in [0.15, 0.2) is 46.9 Å². The van der Waals surface area contributed by atoms with Gasteiger partial charge < -0.3 is 10.1 Å². The first kappa shape index (κ1) is 17.1. The van der Waals surface area contributed by atoms with Gasteiger partial charge in [-0.3, -0.25) is 4.79 Å². The summed E-state index contributed by atoms with van der Waals surface area (Å²) in [6.45, 7) is 3.38. The molecule has 0 aliphatic carbocycles. The highest BCUT2D eigenvalue weighted by Gasteiger charge is 2.30. The molecule has 0 spiro atoms. The Hall–Kier alpha value is -1.23. The zero-order chi connectivity index (χ0) is 16.3. The third-order valence-electron chi connectivity index (χ3n) is 2.85. The molecule has 22 heavy (non-hydrogen) atoms. The molecule has 0 heterocycles. The summed E-state index contributed by atoms with van der Waals surface area (Å²) in [4.78, 5) is 12.4. The van der Waals surface area contributed by atoms with Gasteiger partial charge in [0, 0.05) is 20.2 Å². The molecule has 2 aromatic rings. The average Bonchev–Trinajstić information content (AvgIpc) is 2.40. The third-order valence-corrected chi connectivity index (χ3v) is 3.82. The van der Waals surface area contributed by atoms with E-state index in [-0.39, 0.29) is 5.91 Å². The minimum absolute atomic E-state index is 0.297. The summed E-state index contributed by atoms with van der Waals surface area (Å²) in [6.07, 6.45) is 0. The first-order valence-electron chi connectivity index (χ1n) is 6.48. The highest BCUT2D eigenvalue weighted by Crippen LogP contribution is 2.25. The smallest absolute Gasteiger partial charge is 0.267 e. The second-order valence-electron chi connectivity index (χ2n) is 5.18. The van der Waals surface area contributed by atoms with Gasteiger partial charge in [-0.25, -0.2) is 0 Å². The van der Waals surface area contributed by atoms with Crippen molar-refractivity contribution in [1.82, 2.24) is 0 Å². The lowest BCUT2D eigenvalue weighted by molar-refractivity contribution is -0.128. The Bertz CT molecular complexity index is 667. The molecule has 6 heteroatoms. The summed E-state index contributed by atoms with van der Waals surface area (Å²) in [5, 5.41) is 3.66. The van der Waals surface area contributed by atoms with Crippen LogP contribution in [0.5, 0.6) is 5.75 Å². The number of anilines is 1. The van der Waals surface area contributed by atoms with Crippen molar-refractivity contribution in [3.05, 3.63) is 57.0 Å². The van der Waals surface area contributed by atoms with Gasteiger partial charge in [-0.15, -0.1) is 0 Å². The number of nitrogens with one attached hydrogen (secondary N) is 1. The maximum absolute atomic E-state index is 12.4. The molecule has 2 aromatic carbocycles. The molecule has 0 saturated carbocycles. The summed E-state index contributed by atoms with van der Waals surface area (Å²) >= 11 is 15.2. The number of amides is 1. The van der Waals surface area contributed by atoms with Crippen molar-refractivity contribution < 1.29 is 9.53 Å². The Kier molecular flexibility index (Phi) is 5.37. The molecule has 0 atom stereocenters. The number of carbonyl (C=O) groups excluding carboxylic acids is 1. The molecule has 1 amide bonds. The van der Waals surface area contributed by atoms with Gasteiger partial charge in [-0.1, -0.05) is 39.1 Å². The lowest BCUT2D eigenvalue weighted by atomic mass is 10.1. The quantitative estimate of drug-likeness (QED) is 0.727. The summed E-state index contributed by atoms with van der Waals surface area (Å²) in [7, 11) is 0. The Morgan fingerprint density at radius 1 is 1.09 bits per heavy atom. The van der Waals surface area contributed by atoms with Gasteiger partial charge in [0.1, 0.15) is 5.75 Å². The molecule has 0 fully saturated rings. The summed E-state index contributed by atoms with van der Waals surface area (Å²) in [5.41, 5.74) is -0.530. The molecule has 1 N–H and O–H groups in total. The highest BCUT2D eigenvalue weighted by atomic mass is 79.9. The van der Waals surface area contributed by atoms with Crippen LogP contribution in [0.2, 0.25) is 10.0 Å². The predicted molar refractivity (Wildman–Crippen MR) is 93.9 cm³/mol. The number of carbonyl (C=O) groups is 1. The highest BCUT2D eigenvalue weighted by molar-refractivity contribution is 9.10. The van der Waals surface area contributed by atoms with Crippen molar-refractivity contribution >= 4 is 50.7 Å². The van der Waals surface area contributed by atoms with Gasteiger partial charge in [-0.2, -0.15) is 0 Å². The summed E-state index contributed by atoms with van der Waals surface area (Å²) in [5.74, 6) is 0.307. The molecule has 0 unspecified atom stereocenters. The van der Waals surface area contributed by atoms with Crippen LogP contribution in [0.1, 0.15) is 13.8 Å². The Morgan fingerprint density at radius 3 is 2.18 bits per heavy atom. The number of benzene rings is 2. The standard InChI is InChI=1S/C16H14BrCl2NO2/c1-16(2,22-14-5-3-10(17)4-6-14)15(21)20-13-8-11(18)7-12(19)9-13/h3-9H,1-2H3,(H,20,21). The first-order valence-corrected chi connectivity index (χ1v) is 8.03. The Morgan fingerprint density at radius 2 is 1.64 bits per heavy atom. The van der Waals surface area contributed by atoms with Crippen molar-refractivity contribution in [2.45, 2.75) is 19.4 Å². The van der Waals surface area contributed by atoms with Crippen LogP contribution in [-0.2, 0) is 4.79 Å². The molecule has 0 aromatic heterocycles. The van der Waals surface area contributed by atoms with Crippen LogP contribution >= 0.6 is 39.1 Å². The topological polar surface area (TPSA) is 38.3 Å². The van der Waals surface area contributed by atoms with E-state index in [1.165, 1.54) is 0 Å². The summed E-state index contributed by atoms with van der Waals surface area (Å²) in [6, 6.07) is 12.1. The number of ether oxygens (including phenoxy) is 1. The molecular formula is C16H14BrCl2NO2. The monoisotopic (exact) mass is 401 g/mol. The van der Waals surface area contributed by atoms with E-state index in [0.29, 0.717) is 21.5 Å². The first-order chi connectivity index (χ1) is 10.3. The van der Waals surface area contributed by atoms with Gasteiger partial charge in [0.25, 0.3) is 5.91 Å². The minimum Gasteiger partial charge on any atom is -0.478 e. The van der Waals surface area contributed by atoms with Crippen LogP contribution in [0.25, 0.3) is 0 Å². The zero-order valence-corrected chi connectivity index (χ0v) is 15.1. The predicted octanol–water partition coefficient (Wildman–Crippen LogP) is 5.55. The van der Waals surface area contributed by atoms with E-state index in [4.69, 9.17) is 27.9 Å². The lowest BCUT2D eigenvalue weighted by Gasteiger charge is -2.25. The van der Waals surface area contributed by atoms with Gasteiger partial charge in [-0.05, 0) is 56.3 Å². The van der Waals surface area contributed by atoms with Crippen LogP contribution in [0, 0.1) is 0 Å². The molecule has 0 aliphatic heterocycles. The SMILES string of the molecule is CC(C)(Oc1ccc(Br)cc1)C(=O)Nc1cc(Cl)cc(Cl)c1. The second-order valence-corrected chi connectivity index (χ2v) is 6.97. The number of halogens is 3. The second kappa shape index (κ2) is 6.90. The van der Waals surface area contributed by atoms with E-state index in [2.05, 4.69) is 21.2 Å². The van der Waals surface area contributed by atoms with Gasteiger partial charge in [0.15, 0.2) is 5.60 Å². The van der Waals surface area contributed by atoms with E-state index >= 15 is 0 Å². The van der Waals surface area contributed by atoms with Crippen LogP contribution in [0.4, 0.5) is 5.69 Å². The van der Waals surface area contributed by atoms with Gasteiger partial charge in [0.2, 0.25) is 0 Å². The van der Waals surface area contributed by atoms with Crippen molar-refractivity contribution in [3.8, 4) is 5.75 Å². The Balaban J connectivity index is 2.11. The molecule has 0 saturated heterocycles. The fourth-order valence-corrected chi connectivity index (χ4v) is 2.54. The number of hydrogen-bond acceptors (Lipinski definition) is 2. The summed E-state index contributed by atoms with van der Waals surface area (Å²) < 4.78 is 6.69. The fourth-order valence-electron chi connectivity index (χ4n) is 1.75. The van der Waals surface area contributed by atoms with Crippen LogP contribution < -0.4 is 10.1 Å². The maximum Gasteiger partial charge on any atom is 0.267 e. The maximum atomic E-state index is 12.4. The molecule has 116 valence electrons. The van der Waals surface area contributed by atoms with Gasteiger partial charge in [0.05, 0.1) is 0 Å². The normalized spacial score (nSPS) is 11.1. The van der Waals surface area contributed by atoms with E-state index < -0.39 is 5.60 Å². The minimum atomic E-state index is -1.05. The molecule has 0 aliphatic rings. The molecule has 0 radical (unpaired) electrons. The molecule has 2 rings (SSSR count). The number of rotatable bonds is 4. The van der Waals surface area contributed by atoms with E-state index in [9.17, 15) is 4.79 Å². The molecular weight excluding hydrogens is 389 g/mol. The van der Waals surface area contributed by atoms with Crippen molar-refractivity contribution in [2.75, 3.05) is 5.32 Å². The van der Waals surface area contributed by atoms with Crippen molar-refractivity contribution in [2.24, 2.45) is 0 Å². The van der Waals surface area contributed by atoms with Crippen LogP contribution in [0.3, 0.4) is 0 Å². The van der Waals surface area contributed by atoms with Gasteiger partial charge >= 0.3 is 0 Å². The van der Waals surface area contributed by atoms with Crippen molar-refractivity contribution in [1.29, 1.82) is 0 Å². The zero-order valence-electron chi connectivity index (χ0n) is 12.0. The van der Waals surface area contributed by atoms with E-state index in [1.54, 1.807) is 44.2 Å². The fraction of sp³-hybridized carbons (Fsp3) is 0.188. The Labute approximate surface area is 147 Å². The van der Waals surface area contributed by atoms with Crippen molar-refractivity contribution in [3.63, 3.8) is 0 Å². The van der Waals surface area contributed by atoms with E-state index in [0.717, 1.165) is 4.47 Å². The number of hydrogen-bond donors (Lipinski definition) is 1. The largest absolute Gasteiger partial charge is 0.478 e. The molecule has 0 bridgehead atoms. The third kappa shape index (κ3) is 4.63. The molecule has 3 nitrogen and oxygen atoms in total.